The number of hydrogen-bond acceptors (Lipinski definition) is 5. The van der Waals surface area contributed by atoms with E-state index >= 15 is 0 Å². The van der Waals surface area contributed by atoms with Gasteiger partial charge in [-0.3, -0.25) is 4.79 Å². The lowest BCUT2D eigenvalue weighted by Gasteiger charge is -2.02. The number of nitrogens with one attached hydrogen (secondary N) is 1. The first-order valence-corrected chi connectivity index (χ1v) is 11.0. The van der Waals surface area contributed by atoms with Gasteiger partial charge in [0.15, 0.2) is 11.7 Å². The van der Waals surface area contributed by atoms with Crippen molar-refractivity contribution in [1.82, 2.24) is 15.3 Å². The third-order valence-electron chi connectivity index (χ3n) is 4.71. The zero-order chi connectivity index (χ0) is 22.7. The van der Waals surface area contributed by atoms with Gasteiger partial charge in [-0.2, -0.15) is 0 Å². The van der Waals surface area contributed by atoms with Crippen LogP contribution in [0.3, 0.4) is 0 Å². The number of carbonyl (C=O) groups excluding carboxylic acids is 1. The van der Waals surface area contributed by atoms with Crippen molar-refractivity contribution in [2.75, 3.05) is 0 Å². The Morgan fingerprint density at radius 3 is 2.72 bits per heavy atom. The van der Waals surface area contributed by atoms with Crippen LogP contribution in [0.25, 0.3) is 22.6 Å². The van der Waals surface area contributed by atoms with Crippen LogP contribution in [0.5, 0.6) is 0 Å². The summed E-state index contributed by atoms with van der Waals surface area (Å²) in [7, 11) is 0. The number of hydrogen-bond donors (Lipinski definition) is 1. The van der Waals surface area contributed by atoms with E-state index in [4.69, 9.17) is 16.0 Å². The summed E-state index contributed by atoms with van der Waals surface area (Å²) in [5.41, 5.74) is 1.96. The topological polar surface area (TPSA) is 68.0 Å². The molecular weight excluding hydrogens is 456 g/mol. The molecule has 0 aliphatic carbocycles. The summed E-state index contributed by atoms with van der Waals surface area (Å²) in [5.74, 6) is -1.10. The summed E-state index contributed by atoms with van der Waals surface area (Å²) in [6.07, 6.45) is 1.77. The smallest absolute Gasteiger partial charge is 0.220 e. The average Bonchev–Trinajstić information content (AvgIpc) is 3.38. The normalized spacial score (nSPS) is 11.0. The monoisotopic (exact) mass is 473 g/mol. The lowest BCUT2D eigenvalue weighted by atomic mass is 10.1. The van der Waals surface area contributed by atoms with Crippen molar-refractivity contribution in [3.05, 3.63) is 81.1 Å². The number of benzene rings is 2. The zero-order valence-corrected chi connectivity index (χ0v) is 18.6. The van der Waals surface area contributed by atoms with Gasteiger partial charge in [0.1, 0.15) is 16.6 Å². The van der Waals surface area contributed by atoms with Gasteiger partial charge in [0, 0.05) is 34.4 Å². The average molecular weight is 474 g/mol. The molecule has 0 spiro atoms. The molecule has 9 heteroatoms. The van der Waals surface area contributed by atoms with Gasteiger partial charge >= 0.3 is 0 Å². The van der Waals surface area contributed by atoms with E-state index in [1.54, 1.807) is 0 Å². The Bertz CT molecular complexity index is 1250. The van der Waals surface area contributed by atoms with Crippen LogP contribution < -0.4 is 5.32 Å². The molecule has 0 bridgehead atoms. The van der Waals surface area contributed by atoms with Crippen molar-refractivity contribution >= 4 is 28.8 Å². The Balaban J connectivity index is 1.31. The van der Waals surface area contributed by atoms with Gasteiger partial charge in [-0.05, 0) is 31.2 Å². The van der Waals surface area contributed by atoms with E-state index in [1.165, 1.54) is 23.6 Å². The first-order chi connectivity index (χ1) is 15.4. The molecule has 0 fully saturated rings. The van der Waals surface area contributed by atoms with Crippen LogP contribution in [-0.2, 0) is 17.8 Å². The molecule has 164 valence electrons. The minimum atomic E-state index is -0.734. The second-order valence-electron chi connectivity index (χ2n) is 7.04. The molecule has 1 amide bonds. The number of halogens is 3. The largest absolute Gasteiger partial charge is 0.441 e. The number of oxazole rings is 1. The Morgan fingerprint density at radius 2 is 1.97 bits per heavy atom. The first-order valence-electron chi connectivity index (χ1n) is 9.78. The SMILES string of the molecule is Cc1sc(CNC(=O)CCc2ncc(-c3ccc(F)cc3F)o2)nc1-c1ccc(Cl)cc1. The van der Waals surface area contributed by atoms with E-state index in [0.717, 1.165) is 33.3 Å². The van der Waals surface area contributed by atoms with Crippen LogP contribution >= 0.6 is 22.9 Å². The molecule has 0 atom stereocenters. The summed E-state index contributed by atoms with van der Waals surface area (Å²) < 4.78 is 32.4. The van der Waals surface area contributed by atoms with Crippen LogP contribution in [0.15, 0.2) is 53.1 Å². The number of aromatic nitrogens is 2. The molecule has 0 radical (unpaired) electrons. The highest BCUT2D eigenvalue weighted by Gasteiger charge is 2.14. The molecule has 1 N–H and O–H groups in total. The number of carbonyl (C=O) groups is 1. The highest BCUT2D eigenvalue weighted by molar-refractivity contribution is 7.12. The lowest BCUT2D eigenvalue weighted by Crippen LogP contribution is -2.22. The summed E-state index contributed by atoms with van der Waals surface area (Å²) in [4.78, 5) is 22.0. The molecule has 4 rings (SSSR count). The highest BCUT2D eigenvalue weighted by atomic mass is 35.5. The van der Waals surface area contributed by atoms with Crippen molar-refractivity contribution in [3.8, 4) is 22.6 Å². The van der Waals surface area contributed by atoms with Gasteiger partial charge < -0.3 is 9.73 Å². The third kappa shape index (κ3) is 5.20. The molecule has 0 aliphatic heterocycles. The molecule has 2 heterocycles. The quantitative estimate of drug-likeness (QED) is 0.360. The summed E-state index contributed by atoms with van der Waals surface area (Å²) >= 11 is 7.46. The second kappa shape index (κ2) is 9.58. The lowest BCUT2D eigenvalue weighted by molar-refractivity contribution is -0.121. The summed E-state index contributed by atoms with van der Waals surface area (Å²) in [6, 6.07) is 10.7. The Morgan fingerprint density at radius 1 is 1.19 bits per heavy atom. The Kier molecular flexibility index (Phi) is 6.62. The molecule has 0 saturated carbocycles. The molecule has 0 saturated heterocycles. The van der Waals surface area contributed by atoms with Gasteiger partial charge in [0.05, 0.1) is 24.0 Å². The molecule has 0 aliphatic rings. The molecule has 5 nitrogen and oxygen atoms in total. The maximum atomic E-state index is 13.9. The van der Waals surface area contributed by atoms with Gasteiger partial charge in [-0.25, -0.2) is 18.7 Å². The molecular formula is C23H18ClF2N3O2S. The Labute approximate surface area is 192 Å². The standard InChI is InChI=1S/C23H18ClF2N3O2S/c1-13-23(14-2-4-15(24)5-3-14)29-22(32-13)12-27-20(30)8-9-21-28-11-19(31-21)17-7-6-16(25)10-18(17)26/h2-7,10-11H,8-9,12H2,1H3,(H,27,30). The van der Waals surface area contributed by atoms with Gasteiger partial charge in [-0.1, -0.05) is 23.7 Å². The highest BCUT2D eigenvalue weighted by Crippen LogP contribution is 2.28. The van der Waals surface area contributed by atoms with E-state index in [9.17, 15) is 13.6 Å². The van der Waals surface area contributed by atoms with Crippen LogP contribution in [0.2, 0.25) is 5.02 Å². The molecule has 2 aromatic heterocycles. The van der Waals surface area contributed by atoms with Crippen molar-refractivity contribution < 1.29 is 18.0 Å². The molecule has 32 heavy (non-hydrogen) atoms. The summed E-state index contributed by atoms with van der Waals surface area (Å²) in [5, 5.41) is 4.30. The van der Waals surface area contributed by atoms with E-state index in [1.807, 2.05) is 31.2 Å². The molecule has 0 unspecified atom stereocenters. The van der Waals surface area contributed by atoms with Gasteiger partial charge in [0.25, 0.3) is 0 Å². The fraction of sp³-hybridized carbons (Fsp3) is 0.174. The van der Waals surface area contributed by atoms with E-state index in [0.29, 0.717) is 17.5 Å². The second-order valence-corrected chi connectivity index (χ2v) is 8.76. The fourth-order valence-corrected chi connectivity index (χ4v) is 4.15. The number of amides is 1. The van der Waals surface area contributed by atoms with Crippen molar-refractivity contribution in [3.63, 3.8) is 0 Å². The zero-order valence-electron chi connectivity index (χ0n) is 17.0. The van der Waals surface area contributed by atoms with Crippen LogP contribution in [0.4, 0.5) is 8.78 Å². The van der Waals surface area contributed by atoms with E-state index in [-0.39, 0.29) is 30.1 Å². The number of thiazole rings is 1. The number of aryl methyl sites for hydroxylation is 2. The maximum Gasteiger partial charge on any atom is 0.220 e. The Hall–Kier alpha value is -3.10. The van der Waals surface area contributed by atoms with Crippen molar-refractivity contribution in [1.29, 1.82) is 0 Å². The number of nitrogens with zero attached hydrogens (tertiary/aromatic N) is 2. The van der Waals surface area contributed by atoms with Crippen LogP contribution in [0.1, 0.15) is 22.2 Å². The predicted octanol–water partition coefficient (Wildman–Crippen LogP) is 5.95. The third-order valence-corrected chi connectivity index (χ3v) is 5.93. The molecule has 4 aromatic rings. The van der Waals surface area contributed by atoms with Gasteiger partial charge in [0.2, 0.25) is 5.91 Å². The van der Waals surface area contributed by atoms with Crippen molar-refractivity contribution in [2.24, 2.45) is 0 Å². The van der Waals surface area contributed by atoms with Crippen LogP contribution in [0, 0.1) is 18.6 Å². The van der Waals surface area contributed by atoms with Gasteiger partial charge in [-0.15, -0.1) is 11.3 Å². The van der Waals surface area contributed by atoms with E-state index < -0.39 is 11.6 Å². The van der Waals surface area contributed by atoms with Crippen LogP contribution in [-0.4, -0.2) is 15.9 Å². The number of rotatable bonds is 7. The van der Waals surface area contributed by atoms with Crippen molar-refractivity contribution in [2.45, 2.75) is 26.3 Å². The minimum absolute atomic E-state index is 0.116. The fourth-order valence-electron chi connectivity index (χ4n) is 3.13. The maximum absolute atomic E-state index is 13.9. The first kappa shape index (κ1) is 22.1. The predicted molar refractivity (Wildman–Crippen MR) is 119 cm³/mol. The minimum Gasteiger partial charge on any atom is -0.441 e. The molecule has 2 aromatic carbocycles. The summed E-state index contributed by atoms with van der Waals surface area (Å²) in [6.45, 7) is 2.30. The van der Waals surface area contributed by atoms with E-state index in [2.05, 4.69) is 15.3 Å².